The summed E-state index contributed by atoms with van der Waals surface area (Å²) in [6.45, 7) is 0. The van der Waals surface area contributed by atoms with E-state index in [4.69, 9.17) is 0 Å². The molecule has 23 heavy (non-hydrogen) atoms. The maximum Gasteiger partial charge on any atom is 0.421 e. The summed E-state index contributed by atoms with van der Waals surface area (Å²) in [4.78, 5) is 16.0. The number of likely N-dealkylation sites (tertiary alicyclic amines) is 1. The highest BCUT2D eigenvalue weighted by molar-refractivity contribution is 5.95. The van der Waals surface area contributed by atoms with Gasteiger partial charge in [0, 0.05) is 23.9 Å². The van der Waals surface area contributed by atoms with E-state index in [1.54, 1.807) is 0 Å². The molecule has 9 heteroatoms. The second kappa shape index (κ2) is 4.72. The Morgan fingerprint density at radius 3 is 2.17 bits per heavy atom. The van der Waals surface area contributed by atoms with Crippen molar-refractivity contribution in [2.75, 3.05) is 0 Å². The Morgan fingerprint density at radius 2 is 1.65 bits per heavy atom. The predicted molar refractivity (Wildman–Crippen MR) is 66.3 cm³/mol. The summed E-state index contributed by atoms with van der Waals surface area (Å²) >= 11 is 0. The van der Waals surface area contributed by atoms with Crippen LogP contribution >= 0.6 is 0 Å². The average molecular weight is 336 g/mol. The van der Waals surface area contributed by atoms with Crippen LogP contribution in [-0.4, -0.2) is 39.7 Å². The van der Waals surface area contributed by atoms with Crippen LogP contribution in [0, 0.1) is 5.92 Å². The Balaban J connectivity index is 2.18. The van der Waals surface area contributed by atoms with E-state index in [2.05, 4.69) is 4.98 Å². The largest absolute Gasteiger partial charge is 0.421 e. The highest BCUT2D eigenvalue weighted by Gasteiger charge is 2.81. The lowest BCUT2D eigenvalue weighted by molar-refractivity contribution is -0.336. The van der Waals surface area contributed by atoms with Crippen LogP contribution in [-0.2, 0) is 0 Å². The smallest absolute Gasteiger partial charge is 0.309 e. The topological polar surface area (TPSA) is 33.2 Å². The van der Waals surface area contributed by atoms with Gasteiger partial charge >= 0.3 is 12.4 Å². The number of carbonyl (C=O) groups is 1. The number of fused-ring (bicyclic) bond motifs is 2. The van der Waals surface area contributed by atoms with E-state index < -0.39 is 42.2 Å². The predicted octanol–water partition coefficient (Wildman–Crippen LogP) is 3.35. The first-order valence-corrected chi connectivity index (χ1v) is 6.66. The number of nitrogens with zero attached hydrogens (tertiary/aromatic N) is 2. The van der Waals surface area contributed by atoms with Crippen molar-refractivity contribution in [2.24, 2.45) is 5.92 Å². The van der Waals surface area contributed by atoms with Gasteiger partial charge in [0.25, 0.3) is 5.91 Å². The number of alkyl halides is 6. The monoisotopic (exact) mass is 336 g/mol. The van der Waals surface area contributed by atoms with Gasteiger partial charge in [-0.2, -0.15) is 26.3 Å². The molecule has 0 radical (unpaired) electrons. The van der Waals surface area contributed by atoms with Crippen molar-refractivity contribution in [3.8, 4) is 0 Å². The van der Waals surface area contributed by atoms with E-state index in [0.717, 1.165) is 30.6 Å². The third kappa shape index (κ3) is 1.98. The third-order valence-corrected chi connectivity index (χ3v) is 4.32. The molecule has 2 bridgehead atoms. The fraction of sp³-hybridized carbons (Fsp3) is 0.429. The van der Waals surface area contributed by atoms with Crippen LogP contribution in [0.5, 0.6) is 0 Å². The van der Waals surface area contributed by atoms with Gasteiger partial charge in [-0.25, -0.2) is 0 Å². The number of amides is 1. The van der Waals surface area contributed by atoms with Gasteiger partial charge in [0.05, 0.1) is 6.04 Å². The molecule has 2 aliphatic rings. The molecule has 2 atom stereocenters. The molecule has 1 amide bonds. The molecule has 1 aromatic rings. The van der Waals surface area contributed by atoms with Crippen LogP contribution in [0.1, 0.15) is 16.8 Å². The van der Waals surface area contributed by atoms with Crippen molar-refractivity contribution >= 4 is 5.91 Å². The highest BCUT2D eigenvalue weighted by Crippen LogP contribution is 2.60. The minimum atomic E-state index is -5.64. The molecule has 1 aliphatic carbocycles. The van der Waals surface area contributed by atoms with Crippen LogP contribution in [0.4, 0.5) is 26.3 Å². The summed E-state index contributed by atoms with van der Waals surface area (Å²) in [6.07, 6.45) is -7.27. The Bertz CT molecular complexity index is 637. The molecule has 2 heterocycles. The number of pyridine rings is 1. The number of rotatable bonds is 1. The van der Waals surface area contributed by atoms with Gasteiger partial charge in [-0.15, -0.1) is 0 Å². The number of hydrogen-bond acceptors (Lipinski definition) is 2. The summed E-state index contributed by atoms with van der Waals surface area (Å²) in [5.74, 6) is -3.14. The minimum Gasteiger partial charge on any atom is -0.309 e. The first kappa shape index (κ1) is 15.8. The lowest BCUT2D eigenvalue weighted by atomic mass is 9.83. The molecule has 3 nitrogen and oxygen atoms in total. The molecule has 1 aromatic heterocycles. The van der Waals surface area contributed by atoms with Gasteiger partial charge in [0.2, 0.25) is 5.54 Å². The highest BCUT2D eigenvalue weighted by atomic mass is 19.4. The van der Waals surface area contributed by atoms with E-state index >= 15 is 0 Å². The van der Waals surface area contributed by atoms with Crippen LogP contribution in [0.2, 0.25) is 0 Å². The van der Waals surface area contributed by atoms with E-state index in [-0.39, 0.29) is 10.5 Å². The summed E-state index contributed by atoms with van der Waals surface area (Å²) < 4.78 is 81.2. The quantitative estimate of drug-likeness (QED) is 0.582. The second-order valence-corrected chi connectivity index (χ2v) is 5.47. The molecule has 3 rings (SSSR count). The Labute approximate surface area is 126 Å². The SMILES string of the molecule is O=C(c1ccncc1)N1C2C=CC(C2)C1(C(F)(F)F)C(F)(F)F. The molecule has 0 saturated carbocycles. The van der Waals surface area contributed by atoms with Gasteiger partial charge in [-0.1, -0.05) is 12.2 Å². The van der Waals surface area contributed by atoms with Gasteiger partial charge in [0.15, 0.2) is 0 Å². The van der Waals surface area contributed by atoms with Crippen LogP contribution < -0.4 is 0 Å². The molecule has 1 aliphatic heterocycles. The zero-order chi connectivity index (χ0) is 17.0. The Hall–Kier alpha value is -2.06. The molecule has 0 spiro atoms. The lowest BCUT2D eigenvalue weighted by Crippen LogP contribution is -2.70. The van der Waals surface area contributed by atoms with Crippen molar-refractivity contribution in [1.29, 1.82) is 0 Å². The number of halogens is 6. The summed E-state index contributed by atoms with van der Waals surface area (Å²) in [5.41, 5.74) is -4.46. The third-order valence-electron chi connectivity index (χ3n) is 4.32. The first-order valence-electron chi connectivity index (χ1n) is 6.66. The van der Waals surface area contributed by atoms with Crippen LogP contribution in [0.3, 0.4) is 0 Å². The maximum absolute atomic E-state index is 13.5. The fourth-order valence-corrected chi connectivity index (χ4v) is 3.42. The average Bonchev–Trinajstić information content (AvgIpc) is 3.04. The van der Waals surface area contributed by atoms with E-state index in [0.29, 0.717) is 0 Å². The number of hydrogen-bond donors (Lipinski definition) is 0. The fourth-order valence-electron chi connectivity index (χ4n) is 3.42. The molecule has 0 N–H and O–H groups in total. The van der Waals surface area contributed by atoms with Crippen molar-refractivity contribution in [3.05, 3.63) is 42.2 Å². The van der Waals surface area contributed by atoms with Crippen LogP contribution in [0.15, 0.2) is 36.7 Å². The van der Waals surface area contributed by atoms with E-state index in [1.165, 1.54) is 6.08 Å². The van der Waals surface area contributed by atoms with Gasteiger partial charge in [0.1, 0.15) is 0 Å². The van der Waals surface area contributed by atoms with Gasteiger partial charge < -0.3 is 4.90 Å². The summed E-state index contributed by atoms with van der Waals surface area (Å²) in [5, 5.41) is 0. The molecular formula is C14H10F6N2O. The molecular weight excluding hydrogens is 326 g/mol. The zero-order valence-corrected chi connectivity index (χ0v) is 11.4. The molecule has 0 aromatic carbocycles. The maximum atomic E-state index is 13.5. The van der Waals surface area contributed by atoms with Crippen molar-refractivity contribution < 1.29 is 31.1 Å². The second-order valence-electron chi connectivity index (χ2n) is 5.47. The zero-order valence-electron chi connectivity index (χ0n) is 11.4. The standard InChI is InChI=1S/C14H10F6N2O/c15-13(16,17)12(14(18,19)20)9-1-2-10(7-9)22(12)11(23)8-3-5-21-6-4-8/h1-6,9-10H,7H2. The molecule has 124 valence electrons. The van der Waals surface area contributed by atoms with E-state index in [1.807, 2.05) is 0 Å². The normalized spacial score (nSPS) is 25.9. The lowest BCUT2D eigenvalue weighted by Gasteiger charge is -2.46. The summed E-state index contributed by atoms with van der Waals surface area (Å²) in [6, 6.07) is 0.953. The van der Waals surface area contributed by atoms with Gasteiger partial charge in [-0.3, -0.25) is 9.78 Å². The van der Waals surface area contributed by atoms with Crippen molar-refractivity contribution in [1.82, 2.24) is 9.88 Å². The van der Waals surface area contributed by atoms with Gasteiger partial charge in [-0.05, 0) is 18.6 Å². The van der Waals surface area contributed by atoms with Crippen molar-refractivity contribution in [2.45, 2.75) is 30.4 Å². The Morgan fingerprint density at radius 1 is 1.09 bits per heavy atom. The molecule has 2 unspecified atom stereocenters. The minimum absolute atomic E-state index is 0.0625. The summed E-state index contributed by atoms with van der Waals surface area (Å²) in [7, 11) is 0. The van der Waals surface area contributed by atoms with Crippen molar-refractivity contribution in [3.63, 3.8) is 0 Å². The van der Waals surface area contributed by atoms with E-state index in [9.17, 15) is 31.1 Å². The molecule has 1 saturated heterocycles. The molecule has 1 fully saturated rings. The number of aromatic nitrogens is 1. The Kier molecular flexibility index (Phi) is 3.24. The number of carbonyl (C=O) groups excluding carboxylic acids is 1. The first-order chi connectivity index (χ1) is 10.6. The van der Waals surface area contributed by atoms with Crippen LogP contribution in [0.25, 0.3) is 0 Å².